The maximum atomic E-state index is 12.7. The molecule has 0 bridgehead atoms. The number of esters is 1. The molecule has 0 aromatic heterocycles. The molecule has 124 valence electrons. The van der Waals surface area contributed by atoms with Gasteiger partial charge in [0.05, 0.1) is 6.61 Å². The van der Waals surface area contributed by atoms with Gasteiger partial charge in [-0.3, -0.25) is 4.79 Å². The molecule has 0 aliphatic carbocycles. The Labute approximate surface area is 142 Å². The van der Waals surface area contributed by atoms with Gasteiger partial charge in [-0.1, -0.05) is 42.5 Å². The van der Waals surface area contributed by atoms with Crippen molar-refractivity contribution in [2.24, 2.45) is 0 Å². The Morgan fingerprint density at radius 1 is 1.04 bits per heavy atom. The summed E-state index contributed by atoms with van der Waals surface area (Å²) in [6.45, 7) is 2.72. The van der Waals surface area contributed by atoms with Crippen molar-refractivity contribution in [2.45, 2.75) is 25.8 Å². The van der Waals surface area contributed by atoms with E-state index in [0.29, 0.717) is 25.1 Å². The molecule has 2 aromatic rings. The molecule has 1 aliphatic rings. The van der Waals surface area contributed by atoms with Gasteiger partial charge in [-0.25, -0.2) is 4.79 Å². The van der Waals surface area contributed by atoms with E-state index in [-0.39, 0.29) is 11.9 Å². The number of amides is 1. The molecule has 0 spiro atoms. The average molecular weight is 323 g/mol. The van der Waals surface area contributed by atoms with Crippen LogP contribution >= 0.6 is 0 Å². The van der Waals surface area contributed by atoms with Gasteiger partial charge in [-0.15, -0.1) is 0 Å². The summed E-state index contributed by atoms with van der Waals surface area (Å²) in [6, 6.07) is 17.1. The highest BCUT2D eigenvalue weighted by Crippen LogP contribution is 2.23. The maximum absolute atomic E-state index is 12.7. The molecule has 0 saturated carbocycles. The summed E-state index contributed by atoms with van der Waals surface area (Å²) < 4.78 is 5.09. The molecule has 1 amide bonds. The molecule has 4 heteroatoms. The highest BCUT2D eigenvalue weighted by Gasteiger charge is 2.35. The number of likely N-dealkylation sites (tertiary alicyclic amines) is 1. The monoisotopic (exact) mass is 323 g/mol. The van der Waals surface area contributed by atoms with Gasteiger partial charge in [0.25, 0.3) is 5.91 Å². The molecular weight excluding hydrogens is 302 g/mol. The van der Waals surface area contributed by atoms with E-state index in [2.05, 4.69) is 0 Å². The number of carbonyl (C=O) groups excluding carboxylic acids is 2. The number of ether oxygens (including phenoxy) is 1. The van der Waals surface area contributed by atoms with E-state index >= 15 is 0 Å². The first-order valence-corrected chi connectivity index (χ1v) is 8.34. The van der Waals surface area contributed by atoms with Gasteiger partial charge < -0.3 is 9.64 Å². The fraction of sp³-hybridized carbons (Fsp3) is 0.300. The predicted molar refractivity (Wildman–Crippen MR) is 92.6 cm³/mol. The van der Waals surface area contributed by atoms with E-state index < -0.39 is 6.04 Å². The lowest BCUT2D eigenvalue weighted by molar-refractivity contribution is -0.147. The SMILES string of the molecule is CCOC(=O)[C@@H]1CCCN1C(=O)c1ccc(-c2ccccc2)cc1. The van der Waals surface area contributed by atoms with E-state index in [1.807, 2.05) is 54.6 Å². The van der Waals surface area contributed by atoms with E-state index in [1.54, 1.807) is 11.8 Å². The van der Waals surface area contributed by atoms with Gasteiger partial charge in [0.2, 0.25) is 0 Å². The molecule has 1 aliphatic heterocycles. The van der Waals surface area contributed by atoms with Crippen molar-refractivity contribution in [1.29, 1.82) is 0 Å². The zero-order valence-corrected chi connectivity index (χ0v) is 13.8. The second-order valence-electron chi connectivity index (χ2n) is 5.85. The highest BCUT2D eigenvalue weighted by atomic mass is 16.5. The predicted octanol–water partition coefficient (Wildman–Crippen LogP) is 3.52. The van der Waals surface area contributed by atoms with Crippen LogP contribution < -0.4 is 0 Å². The molecule has 3 rings (SSSR count). The van der Waals surface area contributed by atoms with E-state index in [1.165, 1.54) is 0 Å². The van der Waals surface area contributed by atoms with Gasteiger partial charge in [-0.05, 0) is 43.0 Å². The standard InChI is InChI=1S/C20H21NO3/c1-2-24-20(23)18-9-6-14-21(18)19(22)17-12-10-16(11-13-17)15-7-4-3-5-8-15/h3-5,7-8,10-13,18H,2,6,9,14H2,1H3/t18-/m0/s1. The van der Waals surface area contributed by atoms with E-state index in [0.717, 1.165) is 17.5 Å². The fourth-order valence-corrected chi connectivity index (χ4v) is 3.09. The maximum Gasteiger partial charge on any atom is 0.328 e. The van der Waals surface area contributed by atoms with E-state index in [4.69, 9.17) is 4.74 Å². The molecule has 1 atom stereocenters. The van der Waals surface area contributed by atoms with Gasteiger partial charge in [-0.2, -0.15) is 0 Å². The van der Waals surface area contributed by atoms with E-state index in [9.17, 15) is 9.59 Å². The minimum atomic E-state index is -0.453. The van der Waals surface area contributed by atoms with Gasteiger partial charge in [0.15, 0.2) is 0 Å². The van der Waals surface area contributed by atoms with Crippen molar-refractivity contribution in [3.8, 4) is 11.1 Å². The first-order valence-electron chi connectivity index (χ1n) is 8.34. The van der Waals surface area contributed by atoms with Gasteiger partial charge >= 0.3 is 5.97 Å². The summed E-state index contributed by atoms with van der Waals surface area (Å²) in [5.74, 6) is -0.408. The van der Waals surface area contributed by atoms with Crippen LogP contribution in [0.15, 0.2) is 54.6 Å². The van der Waals surface area contributed by atoms with Crippen molar-refractivity contribution in [3.63, 3.8) is 0 Å². The molecule has 2 aromatic carbocycles. The number of nitrogens with zero attached hydrogens (tertiary/aromatic N) is 1. The molecule has 1 saturated heterocycles. The van der Waals surface area contributed by atoms with Crippen LogP contribution in [0.3, 0.4) is 0 Å². The number of hydrogen-bond donors (Lipinski definition) is 0. The minimum Gasteiger partial charge on any atom is -0.464 e. The topological polar surface area (TPSA) is 46.6 Å². The second kappa shape index (κ2) is 7.30. The number of benzene rings is 2. The number of rotatable bonds is 4. The van der Waals surface area contributed by atoms with Crippen LogP contribution in [-0.4, -0.2) is 36.0 Å². The molecule has 1 heterocycles. The molecule has 4 nitrogen and oxygen atoms in total. The molecule has 24 heavy (non-hydrogen) atoms. The lowest BCUT2D eigenvalue weighted by Crippen LogP contribution is -2.41. The van der Waals surface area contributed by atoms with Gasteiger partial charge in [0, 0.05) is 12.1 Å². The Morgan fingerprint density at radius 2 is 1.71 bits per heavy atom. The lowest BCUT2D eigenvalue weighted by atomic mass is 10.0. The molecule has 0 N–H and O–H groups in total. The molecule has 0 radical (unpaired) electrons. The van der Waals surface area contributed by atoms with Crippen molar-refractivity contribution in [2.75, 3.05) is 13.2 Å². The Balaban J connectivity index is 1.76. The molecule has 1 fully saturated rings. The van der Waals surface area contributed by atoms with Crippen LogP contribution in [0, 0.1) is 0 Å². The summed E-state index contributed by atoms with van der Waals surface area (Å²) in [7, 11) is 0. The van der Waals surface area contributed by atoms with Gasteiger partial charge in [0.1, 0.15) is 6.04 Å². The lowest BCUT2D eigenvalue weighted by Gasteiger charge is -2.23. The Hall–Kier alpha value is -2.62. The number of carbonyl (C=O) groups is 2. The largest absolute Gasteiger partial charge is 0.464 e. The quantitative estimate of drug-likeness (QED) is 0.809. The summed E-state index contributed by atoms with van der Waals surface area (Å²) in [5, 5.41) is 0. The summed E-state index contributed by atoms with van der Waals surface area (Å²) in [5.41, 5.74) is 2.78. The van der Waals surface area contributed by atoms with Crippen molar-refractivity contribution in [1.82, 2.24) is 4.90 Å². The normalized spacial score (nSPS) is 16.9. The van der Waals surface area contributed by atoms with Crippen LogP contribution in [0.5, 0.6) is 0 Å². The third-order valence-corrected chi connectivity index (χ3v) is 4.31. The van der Waals surface area contributed by atoms with Crippen LogP contribution in [0.1, 0.15) is 30.1 Å². The summed E-state index contributed by atoms with van der Waals surface area (Å²) in [6.07, 6.45) is 1.50. The third kappa shape index (κ3) is 3.32. The van der Waals surface area contributed by atoms with Crippen molar-refractivity contribution < 1.29 is 14.3 Å². The zero-order chi connectivity index (χ0) is 16.9. The summed E-state index contributed by atoms with van der Waals surface area (Å²) in [4.78, 5) is 26.4. The Morgan fingerprint density at radius 3 is 2.38 bits per heavy atom. The van der Waals surface area contributed by atoms with Crippen molar-refractivity contribution >= 4 is 11.9 Å². The third-order valence-electron chi connectivity index (χ3n) is 4.31. The number of hydrogen-bond acceptors (Lipinski definition) is 3. The smallest absolute Gasteiger partial charge is 0.328 e. The first-order chi connectivity index (χ1) is 11.7. The second-order valence-corrected chi connectivity index (χ2v) is 5.85. The highest BCUT2D eigenvalue weighted by molar-refractivity contribution is 5.97. The molecular formula is C20H21NO3. The Bertz CT molecular complexity index is 709. The Kier molecular flexibility index (Phi) is 4.94. The van der Waals surface area contributed by atoms with Crippen LogP contribution in [0.2, 0.25) is 0 Å². The van der Waals surface area contributed by atoms with Crippen LogP contribution in [-0.2, 0) is 9.53 Å². The van der Waals surface area contributed by atoms with Crippen LogP contribution in [0.4, 0.5) is 0 Å². The average Bonchev–Trinajstić information content (AvgIpc) is 3.12. The van der Waals surface area contributed by atoms with Crippen LogP contribution in [0.25, 0.3) is 11.1 Å². The van der Waals surface area contributed by atoms with Crippen molar-refractivity contribution in [3.05, 3.63) is 60.2 Å². The fourth-order valence-electron chi connectivity index (χ4n) is 3.09. The molecule has 0 unspecified atom stereocenters. The minimum absolute atomic E-state index is 0.106. The summed E-state index contributed by atoms with van der Waals surface area (Å²) >= 11 is 0. The zero-order valence-electron chi connectivity index (χ0n) is 13.8. The first kappa shape index (κ1) is 16.2.